The van der Waals surface area contributed by atoms with Crippen LogP contribution >= 0.6 is 0 Å². The van der Waals surface area contributed by atoms with Crippen molar-refractivity contribution in [2.45, 2.75) is 45.3 Å². The Morgan fingerprint density at radius 2 is 2.11 bits per heavy atom. The summed E-state index contributed by atoms with van der Waals surface area (Å²) in [5, 5.41) is 3.38. The van der Waals surface area contributed by atoms with Crippen LogP contribution in [0.2, 0.25) is 0 Å². The van der Waals surface area contributed by atoms with Gasteiger partial charge < -0.3 is 19.7 Å². The highest BCUT2D eigenvalue weighted by Gasteiger charge is 2.32. The average molecular weight is 269 g/mol. The lowest BCUT2D eigenvalue weighted by Gasteiger charge is -2.37. The molecule has 0 aliphatic carbocycles. The van der Waals surface area contributed by atoms with Crippen molar-refractivity contribution >= 4 is 5.96 Å². The molecule has 0 radical (unpaired) electrons. The molecule has 5 nitrogen and oxygen atoms in total. The number of nitrogens with zero attached hydrogens (tertiary/aromatic N) is 2. The third kappa shape index (κ3) is 4.08. The van der Waals surface area contributed by atoms with E-state index in [0.29, 0.717) is 0 Å². The van der Waals surface area contributed by atoms with Crippen LogP contribution in [0.15, 0.2) is 4.99 Å². The largest absolute Gasteiger partial charge is 0.375 e. The molecule has 2 fully saturated rings. The molecule has 2 atom stereocenters. The zero-order chi connectivity index (χ0) is 13.5. The molecule has 19 heavy (non-hydrogen) atoms. The molecule has 0 amide bonds. The Kier molecular flexibility index (Phi) is 5.92. The summed E-state index contributed by atoms with van der Waals surface area (Å²) in [7, 11) is 0. The first-order valence-corrected chi connectivity index (χ1v) is 7.61. The van der Waals surface area contributed by atoms with Crippen molar-refractivity contribution in [3.8, 4) is 0 Å². The van der Waals surface area contributed by atoms with E-state index in [1.807, 2.05) is 0 Å². The van der Waals surface area contributed by atoms with Gasteiger partial charge in [0.1, 0.15) is 6.10 Å². The SMILES string of the molecule is CCCN=C(NCC)N1CCOC(C2CCCO2)C1. The Balaban J connectivity index is 1.93. The zero-order valence-corrected chi connectivity index (χ0v) is 12.2. The lowest BCUT2D eigenvalue weighted by Crippen LogP contribution is -2.53. The molecule has 2 saturated heterocycles. The summed E-state index contributed by atoms with van der Waals surface area (Å²) in [5.41, 5.74) is 0. The van der Waals surface area contributed by atoms with Crippen LogP contribution in [0.25, 0.3) is 0 Å². The second-order valence-corrected chi connectivity index (χ2v) is 5.14. The highest BCUT2D eigenvalue weighted by atomic mass is 16.5. The van der Waals surface area contributed by atoms with E-state index in [4.69, 9.17) is 9.47 Å². The molecule has 0 aromatic carbocycles. The standard InChI is InChI=1S/C14H27N3O2/c1-3-7-16-14(15-4-2)17-8-10-19-13(11-17)12-6-5-9-18-12/h12-13H,3-11H2,1-2H3,(H,15,16). The van der Waals surface area contributed by atoms with Crippen LogP contribution in [0.4, 0.5) is 0 Å². The lowest BCUT2D eigenvalue weighted by atomic mass is 10.1. The van der Waals surface area contributed by atoms with Crippen LogP contribution in [0.3, 0.4) is 0 Å². The van der Waals surface area contributed by atoms with E-state index in [9.17, 15) is 0 Å². The Labute approximate surface area is 116 Å². The highest BCUT2D eigenvalue weighted by molar-refractivity contribution is 5.80. The second kappa shape index (κ2) is 7.70. The monoisotopic (exact) mass is 269 g/mol. The third-order valence-electron chi connectivity index (χ3n) is 3.59. The van der Waals surface area contributed by atoms with Crippen LogP contribution in [-0.2, 0) is 9.47 Å². The van der Waals surface area contributed by atoms with Gasteiger partial charge in [-0.1, -0.05) is 6.92 Å². The Morgan fingerprint density at radius 1 is 1.26 bits per heavy atom. The van der Waals surface area contributed by atoms with Gasteiger partial charge in [-0.3, -0.25) is 4.99 Å². The Hall–Kier alpha value is -0.810. The summed E-state index contributed by atoms with van der Waals surface area (Å²) < 4.78 is 11.6. The topological polar surface area (TPSA) is 46.1 Å². The van der Waals surface area contributed by atoms with Crippen LogP contribution in [0, 0.1) is 0 Å². The first-order chi connectivity index (χ1) is 9.35. The average Bonchev–Trinajstić information content (AvgIpc) is 2.98. The van der Waals surface area contributed by atoms with Crippen molar-refractivity contribution in [2.75, 3.05) is 39.4 Å². The molecule has 0 saturated carbocycles. The molecule has 2 heterocycles. The highest BCUT2D eigenvalue weighted by Crippen LogP contribution is 2.20. The molecule has 2 rings (SSSR count). The number of hydrogen-bond donors (Lipinski definition) is 1. The predicted molar refractivity (Wildman–Crippen MR) is 76.6 cm³/mol. The van der Waals surface area contributed by atoms with Crippen LogP contribution in [-0.4, -0.2) is 62.5 Å². The van der Waals surface area contributed by atoms with Crippen LogP contribution < -0.4 is 5.32 Å². The molecule has 110 valence electrons. The summed E-state index contributed by atoms with van der Waals surface area (Å²) in [6, 6.07) is 0. The molecule has 0 aromatic rings. The lowest BCUT2D eigenvalue weighted by molar-refractivity contribution is -0.0817. The van der Waals surface area contributed by atoms with Gasteiger partial charge >= 0.3 is 0 Å². The molecular weight excluding hydrogens is 242 g/mol. The van der Waals surface area contributed by atoms with E-state index in [1.165, 1.54) is 0 Å². The van der Waals surface area contributed by atoms with Crippen molar-refractivity contribution in [1.29, 1.82) is 0 Å². The number of nitrogens with one attached hydrogen (secondary N) is 1. The number of rotatable bonds is 4. The van der Waals surface area contributed by atoms with Crippen molar-refractivity contribution < 1.29 is 9.47 Å². The first kappa shape index (κ1) is 14.6. The van der Waals surface area contributed by atoms with Gasteiger partial charge in [0.15, 0.2) is 5.96 Å². The summed E-state index contributed by atoms with van der Waals surface area (Å²) >= 11 is 0. The van der Waals surface area contributed by atoms with Gasteiger partial charge in [0.05, 0.1) is 12.7 Å². The van der Waals surface area contributed by atoms with E-state index in [-0.39, 0.29) is 12.2 Å². The fourth-order valence-corrected chi connectivity index (χ4v) is 2.63. The minimum Gasteiger partial charge on any atom is -0.375 e. The fourth-order valence-electron chi connectivity index (χ4n) is 2.63. The minimum absolute atomic E-state index is 0.196. The van der Waals surface area contributed by atoms with Gasteiger partial charge in [0, 0.05) is 32.8 Å². The van der Waals surface area contributed by atoms with E-state index in [0.717, 1.165) is 64.6 Å². The van der Waals surface area contributed by atoms with Crippen molar-refractivity contribution in [3.63, 3.8) is 0 Å². The predicted octanol–water partition coefficient (Wildman–Crippen LogP) is 1.24. The molecule has 0 aromatic heterocycles. The van der Waals surface area contributed by atoms with E-state index < -0.39 is 0 Å². The number of morpholine rings is 1. The van der Waals surface area contributed by atoms with Gasteiger partial charge in [0.25, 0.3) is 0 Å². The third-order valence-corrected chi connectivity index (χ3v) is 3.59. The maximum absolute atomic E-state index is 5.88. The van der Waals surface area contributed by atoms with Gasteiger partial charge in [-0.15, -0.1) is 0 Å². The normalized spacial score (nSPS) is 28.7. The molecule has 2 aliphatic heterocycles. The second-order valence-electron chi connectivity index (χ2n) is 5.14. The maximum atomic E-state index is 5.88. The maximum Gasteiger partial charge on any atom is 0.194 e. The van der Waals surface area contributed by atoms with Crippen molar-refractivity contribution in [1.82, 2.24) is 10.2 Å². The smallest absolute Gasteiger partial charge is 0.194 e. The number of aliphatic imine (C=N–C) groups is 1. The number of guanidine groups is 1. The van der Waals surface area contributed by atoms with Gasteiger partial charge in [0.2, 0.25) is 0 Å². The Bertz CT molecular complexity index is 290. The summed E-state index contributed by atoms with van der Waals surface area (Å²) in [5.74, 6) is 1.02. The van der Waals surface area contributed by atoms with Gasteiger partial charge in [-0.2, -0.15) is 0 Å². The molecular formula is C14H27N3O2. The molecule has 5 heteroatoms. The molecule has 0 spiro atoms. The Morgan fingerprint density at radius 3 is 2.79 bits per heavy atom. The first-order valence-electron chi connectivity index (χ1n) is 7.61. The van der Waals surface area contributed by atoms with Crippen LogP contribution in [0.1, 0.15) is 33.1 Å². The van der Waals surface area contributed by atoms with Crippen LogP contribution in [0.5, 0.6) is 0 Å². The zero-order valence-electron chi connectivity index (χ0n) is 12.2. The van der Waals surface area contributed by atoms with Gasteiger partial charge in [-0.25, -0.2) is 0 Å². The summed E-state index contributed by atoms with van der Waals surface area (Å²) in [6.07, 6.45) is 3.84. The quantitative estimate of drug-likeness (QED) is 0.616. The molecule has 2 unspecified atom stereocenters. The van der Waals surface area contributed by atoms with Crippen molar-refractivity contribution in [3.05, 3.63) is 0 Å². The number of ether oxygens (including phenoxy) is 2. The molecule has 2 aliphatic rings. The van der Waals surface area contributed by atoms with E-state index in [1.54, 1.807) is 0 Å². The van der Waals surface area contributed by atoms with E-state index in [2.05, 4.69) is 29.1 Å². The van der Waals surface area contributed by atoms with E-state index >= 15 is 0 Å². The fraction of sp³-hybridized carbons (Fsp3) is 0.929. The van der Waals surface area contributed by atoms with Crippen molar-refractivity contribution in [2.24, 2.45) is 4.99 Å². The molecule has 0 bridgehead atoms. The molecule has 1 N–H and O–H groups in total. The van der Waals surface area contributed by atoms with Gasteiger partial charge in [-0.05, 0) is 26.2 Å². The summed E-state index contributed by atoms with van der Waals surface area (Å²) in [4.78, 5) is 6.97. The summed E-state index contributed by atoms with van der Waals surface area (Å²) in [6.45, 7) is 9.50. The minimum atomic E-state index is 0.196. The number of hydrogen-bond acceptors (Lipinski definition) is 3.